The summed E-state index contributed by atoms with van der Waals surface area (Å²) < 4.78 is 24.6. The van der Waals surface area contributed by atoms with Crippen molar-refractivity contribution in [2.75, 3.05) is 39.5 Å². The van der Waals surface area contributed by atoms with Crippen LogP contribution in [0, 0.1) is 6.92 Å². The molecule has 0 saturated carbocycles. The first kappa shape index (κ1) is 25.1. The molecule has 0 heterocycles. The largest absolute Gasteiger partial charge is 0.356 e. The van der Waals surface area contributed by atoms with Crippen molar-refractivity contribution in [3.63, 3.8) is 0 Å². The van der Waals surface area contributed by atoms with E-state index in [1.807, 2.05) is 6.92 Å². The van der Waals surface area contributed by atoms with Crippen molar-refractivity contribution in [2.24, 2.45) is 4.99 Å². The van der Waals surface area contributed by atoms with E-state index in [1.54, 1.807) is 7.05 Å². The number of benzene rings is 1. The lowest BCUT2D eigenvalue weighted by Gasteiger charge is -2.19. The van der Waals surface area contributed by atoms with Crippen molar-refractivity contribution in [1.82, 2.24) is 14.9 Å². The summed E-state index contributed by atoms with van der Waals surface area (Å²) in [6, 6.07) is 8.52. The summed E-state index contributed by atoms with van der Waals surface area (Å²) >= 11 is 0. The molecule has 1 unspecified atom stereocenters. The quantitative estimate of drug-likeness (QED) is 0.239. The summed E-state index contributed by atoms with van der Waals surface area (Å²) in [7, 11) is -1.38. The second-order valence-electron chi connectivity index (χ2n) is 6.30. The average molecular weight is 496 g/mol. The number of hydrogen-bond donors (Lipinski definition) is 2. The van der Waals surface area contributed by atoms with E-state index in [1.165, 1.54) is 21.7 Å². The maximum Gasteiger partial charge on any atom is 0.211 e. The molecule has 0 fully saturated rings. The van der Waals surface area contributed by atoms with E-state index in [-0.39, 0.29) is 24.0 Å². The molecule has 0 aliphatic heterocycles. The Morgan fingerprint density at radius 3 is 2.54 bits per heavy atom. The Morgan fingerprint density at radius 1 is 1.31 bits per heavy atom. The van der Waals surface area contributed by atoms with Gasteiger partial charge in [-0.25, -0.2) is 12.7 Å². The number of nitrogens with zero attached hydrogens (tertiary/aromatic N) is 2. The number of guanidine groups is 1. The summed E-state index contributed by atoms with van der Waals surface area (Å²) in [5.41, 5.74) is 2.56. The van der Waals surface area contributed by atoms with Crippen molar-refractivity contribution in [1.29, 1.82) is 0 Å². The fourth-order valence-electron chi connectivity index (χ4n) is 2.59. The molecule has 0 bridgehead atoms. The Labute approximate surface area is 175 Å². The first-order valence-electron chi connectivity index (χ1n) is 8.74. The molecule has 0 aromatic heterocycles. The maximum atomic E-state index is 11.6. The van der Waals surface area contributed by atoms with E-state index >= 15 is 0 Å². The predicted octanol–water partition coefficient (Wildman–Crippen LogP) is 2.55. The van der Waals surface area contributed by atoms with Crippen molar-refractivity contribution in [3.8, 4) is 0 Å². The number of nitrogens with one attached hydrogen (secondary N) is 2. The molecule has 1 atom stereocenters. The van der Waals surface area contributed by atoms with Gasteiger partial charge in [-0.05, 0) is 24.8 Å². The van der Waals surface area contributed by atoms with Crippen LogP contribution in [-0.2, 0) is 10.0 Å². The van der Waals surface area contributed by atoms with Crippen LogP contribution in [0.5, 0.6) is 0 Å². The van der Waals surface area contributed by atoms with Crippen LogP contribution in [0.1, 0.15) is 37.3 Å². The highest BCUT2D eigenvalue weighted by atomic mass is 127. The standard InChI is InChI=1S/C18H32N4O2S.HI/c1-6-22(25(5,23)24)12-8-11-20-18(19-4)21-14-16(3)17-10-7-9-15(2)13-17;/h7,9-10,13,16H,6,8,11-12,14H2,1-5H3,(H2,19,20,21);1H. The minimum atomic E-state index is -3.12. The molecule has 6 nitrogen and oxygen atoms in total. The molecular formula is C18H33IN4O2S. The van der Waals surface area contributed by atoms with Gasteiger partial charge in [-0.15, -0.1) is 24.0 Å². The molecule has 1 aromatic carbocycles. The van der Waals surface area contributed by atoms with Gasteiger partial charge in [0.05, 0.1) is 6.26 Å². The van der Waals surface area contributed by atoms with Crippen LogP contribution < -0.4 is 10.6 Å². The molecular weight excluding hydrogens is 463 g/mol. The summed E-state index contributed by atoms with van der Waals surface area (Å²) in [6.07, 6.45) is 1.98. The summed E-state index contributed by atoms with van der Waals surface area (Å²) in [5.74, 6) is 1.11. The molecule has 1 rings (SSSR count). The Morgan fingerprint density at radius 2 is 2.00 bits per heavy atom. The average Bonchev–Trinajstić information content (AvgIpc) is 2.56. The van der Waals surface area contributed by atoms with Gasteiger partial charge in [-0.1, -0.05) is 43.7 Å². The zero-order valence-corrected chi connectivity index (χ0v) is 19.6. The second kappa shape index (κ2) is 12.5. The van der Waals surface area contributed by atoms with Crippen molar-refractivity contribution in [2.45, 2.75) is 33.1 Å². The lowest BCUT2D eigenvalue weighted by Crippen LogP contribution is -2.40. The van der Waals surface area contributed by atoms with Gasteiger partial charge in [0.15, 0.2) is 5.96 Å². The normalized spacial score (nSPS) is 13.2. The first-order valence-corrected chi connectivity index (χ1v) is 10.6. The molecule has 0 aliphatic carbocycles. The molecule has 0 saturated heterocycles. The molecule has 0 amide bonds. The number of sulfonamides is 1. The predicted molar refractivity (Wildman–Crippen MR) is 121 cm³/mol. The number of rotatable bonds is 9. The van der Waals surface area contributed by atoms with Crippen molar-refractivity contribution < 1.29 is 8.42 Å². The van der Waals surface area contributed by atoms with Gasteiger partial charge in [0.1, 0.15) is 0 Å². The minimum Gasteiger partial charge on any atom is -0.356 e. The second-order valence-corrected chi connectivity index (χ2v) is 8.29. The Balaban J connectivity index is 0.00000625. The Bertz CT molecular complexity index is 665. The van der Waals surface area contributed by atoms with Gasteiger partial charge in [0.25, 0.3) is 0 Å². The van der Waals surface area contributed by atoms with E-state index < -0.39 is 10.0 Å². The van der Waals surface area contributed by atoms with Gasteiger partial charge in [0, 0.05) is 33.2 Å². The van der Waals surface area contributed by atoms with E-state index in [2.05, 4.69) is 53.7 Å². The number of hydrogen-bond acceptors (Lipinski definition) is 3. The zero-order valence-electron chi connectivity index (χ0n) is 16.4. The molecule has 0 radical (unpaired) electrons. The van der Waals surface area contributed by atoms with Crippen LogP contribution in [0.3, 0.4) is 0 Å². The molecule has 0 spiro atoms. The minimum absolute atomic E-state index is 0. The van der Waals surface area contributed by atoms with E-state index in [9.17, 15) is 8.42 Å². The van der Waals surface area contributed by atoms with Gasteiger partial charge in [0.2, 0.25) is 10.0 Å². The van der Waals surface area contributed by atoms with Gasteiger partial charge < -0.3 is 10.6 Å². The monoisotopic (exact) mass is 496 g/mol. The van der Waals surface area contributed by atoms with Crippen LogP contribution in [0.4, 0.5) is 0 Å². The molecule has 150 valence electrons. The highest BCUT2D eigenvalue weighted by Crippen LogP contribution is 2.15. The van der Waals surface area contributed by atoms with Crippen LogP contribution in [0.2, 0.25) is 0 Å². The molecule has 2 N–H and O–H groups in total. The van der Waals surface area contributed by atoms with Gasteiger partial charge in [-0.3, -0.25) is 4.99 Å². The van der Waals surface area contributed by atoms with E-state index in [0.29, 0.717) is 25.6 Å². The topological polar surface area (TPSA) is 73.8 Å². The number of halogens is 1. The van der Waals surface area contributed by atoms with Crippen LogP contribution in [-0.4, -0.2) is 58.2 Å². The lowest BCUT2D eigenvalue weighted by molar-refractivity contribution is 0.424. The van der Waals surface area contributed by atoms with Crippen LogP contribution in [0.15, 0.2) is 29.3 Å². The zero-order chi connectivity index (χ0) is 18.9. The highest BCUT2D eigenvalue weighted by molar-refractivity contribution is 14.0. The summed E-state index contributed by atoms with van der Waals surface area (Å²) in [5, 5.41) is 6.56. The van der Waals surface area contributed by atoms with Gasteiger partial charge >= 0.3 is 0 Å². The molecule has 26 heavy (non-hydrogen) atoms. The van der Waals surface area contributed by atoms with Crippen molar-refractivity contribution >= 4 is 40.0 Å². The third-order valence-electron chi connectivity index (χ3n) is 4.11. The highest BCUT2D eigenvalue weighted by Gasteiger charge is 2.13. The molecule has 1 aromatic rings. The fourth-order valence-corrected chi connectivity index (χ4v) is 3.52. The molecule has 0 aliphatic rings. The number of aliphatic imine (C=N–C) groups is 1. The van der Waals surface area contributed by atoms with E-state index in [0.717, 1.165) is 18.9 Å². The lowest BCUT2D eigenvalue weighted by atomic mass is 9.99. The van der Waals surface area contributed by atoms with Crippen LogP contribution in [0.25, 0.3) is 0 Å². The van der Waals surface area contributed by atoms with Crippen molar-refractivity contribution in [3.05, 3.63) is 35.4 Å². The fraction of sp³-hybridized carbons (Fsp3) is 0.611. The maximum absolute atomic E-state index is 11.6. The summed E-state index contributed by atoms with van der Waals surface area (Å²) in [6.45, 7) is 8.60. The SMILES string of the molecule is CCN(CCCNC(=NC)NCC(C)c1cccc(C)c1)S(C)(=O)=O.I. The van der Waals surface area contributed by atoms with E-state index in [4.69, 9.17) is 0 Å². The smallest absolute Gasteiger partial charge is 0.211 e. The third-order valence-corrected chi connectivity index (χ3v) is 5.49. The number of aryl methyl sites for hydroxylation is 1. The van der Waals surface area contributed by atoms with Gasteiger partial charge in [-0.2, -0.15) is 0 Å². The third kappa shape index (κ3) is 9.18. The first-order chi connectivity index (χ1) is 11.8. The Kier molecular flexibility index (Phi) is 12.1. The summed E-state index contributed by atoms with van der Waals surface area (Å²) in [4.78, 5) is 4.22. The Hall–Kier alpha value is -0.870. The van der Waals surface area contributed by atoms with Crippen LogP contribution >= 0.6 is 24.0 Å². The molecule has 8 heteroatoms.